The van der Waals surface area contributed by atoms with Gasteiger partial charge in [0.25, 0.3) is 0 Å². The Hall–Kier alpha value is -1.44. The van der Waals surface area contributed by atoms with E-state index in [0.29, 0.717) is 5.56 Å². The molecule has 0 heterocycles. The summed E-state index contributed by atoms with van der Waals surface area (Å²) in [7, 11) is 0. The minimum atomic E-state index is 0.708. The summed E-state index contributed by atoms with van der Waals surface area (Å²) >= 11 is 0. The first-order chi connectivity index (χ1) is 7.86. The molecule has 0 aliphatic heterocycles. The summed E-state index contributed by atoms with van der Waals surface area (Å²) < 4.78 is 0. The van der Waals surface area contributed by atoms with Crippen molar-refractivity contribution in [2.45, 2.75) is 32.6 Å². The predicted octanol–water partition coefficient (Wildman–Crippen LogP) is 3.50. The zero-order valence-corrected chi connectivity index (χ0v) is 9.86. The second kappa shape index (κ2) is 7.80. The molecule has 0 radical (unpaired) electrons. The summed E-state index contributed by atoms with van der Waals surface area (Å²) in [6.07, 6.45) is 7.71. The number of rotatable bonds is 7. The van der Waals surface area contributed by atoms with Gasteiger partial charge in [-0.2, -0.15) is 0 Å². The zero-order valence-electron chi connectivity index (χ0n) is 9.86. The fourth-order valence-electron chi connectivity index (χ4n) is 1.46. The van der Waals surface area contributed by atoms with Gasteiger partial charge in [-0.05, 0) is 12.0 Å². The fraction of sp³-hybridized carbons (Fsp3) is 0.429. The molecule has 0 aliphatic rings. The second-order valence-electron chi connectivity index (χ2n) is 3.88. The Kier molecular flexibility index (Phi) is 6.16. The molecule has 0 aromatic heterocycles. The molecule has 0 saturated carbocycles. The van der Waals surface area contributed by atoms with Gasteiger partial charge >= 0.3 is 0 Å². The molecule has 1 rings (SSSR count). The van der Waals surface area contributed by atoms with E-state index in [-0.39, 0.29) is 0 Å². The Morgan fingerprint density at radius 3 is 2.38 bits per heavy atom. The topological polar surface area (TPSA) is 29.4 Å². The van der Waals surface area contributed by atoms with Crippen LogP contribution in [0.2, 0.25) is 0 Å². The van der Waals surface area contributed by atoms with Crippen molar-refractivity contribution in [1.82, 2.24) is 0 Å². The largest absolute Gasteiger partial charge is 0.298 e. The van der Waals surface area contributed by atoms with Crippen LogP contribution in [0.4, 0.5) is 0 Å². The molecule has 0 atom stereocenters. The highest BCUT2D eigenvalue weighted by Gasteiger charge is 1.90. The average molecular weight is 217 g/mol. The Labute approximate surface area is 97.4 Å². The van der Waals surface area contributed by atoms with E-state index >= 15 is 0 Å². The first kappa shape index (κ1) is 12.6. The maximum absolute atomic E-state index is 10.4. The lowest BCUT2D eigenvalue weighted by molar-refractivity contribution is 0.112. The van der Waals surface area contributed by atoms with Crippen LogP contribution in [-0.2, 0) is 0 Å². The molecule has 1 aromatic rings. The zero-order chi connectivity index (χ0) is 11.6. The average Bonchev–Trinajstić information content (AvgIpc) is 2.34. The van der Waals surface area contributed by atoms with E-state index in [9.17, 15) is 4.79 Å². The van der Waals surface area contributed by atoms with Gasteiger partial charge in [0.2, 0.25) is 0 Å². The summed E-state index contributed by atoms with van der Waals surface area (Å²) in [6, 6.07) is 7.45. The van der Waals surface area contributed by atoms with Gasteiger partial charge in [-0.15, -0.1) is 0 Å². The predicted molar refractivity (Wildman–Crippen MR) is 68.4 cm³/mol. The summed E-state index contributed by atoms with van der Waals surface area (Å²) in [5.74, 6) is 0. The SMILES string of the molecule is CCCCCCN=Cc1ccc(C=O)cc1. The minimum Gasteiger partial charge on any atom is -0.298 e. The van der Waals surface area contributed by atoms with Crippen molar-refractivity contribution in [3.8, 4) is 0 Å². The van der Waals surface area contributed by atoms with Crippen molar-refractivity contribution in [2.75, 3.05) is 6.54 Å². The first-order valence-corrected chi connectivity index (χ1v) is 5.92. The standard InChI is InChI=1S/C14H19NO/c1-2-3-4-5-10-15-11-13-6-8-14(12-16)9-7-13/h6-9,11-12H,2-5,10H2,1H3. The molecule has 2 heteroatoms. The van der Waals surface area contributed by atoms with Gasteiger partial charge in [-0.1, -0.05) is 50.5 Å². The third kappa shape index (κ3) is 4.87. The molecule has 0 spiro atoms. The van der Waals surface area contributed by atoms with Crippen molar-refractivity contribution >= 4 is 12.5 Å². The first-order valence-electron chi connectivity index (χ1n) is 5.92. The van der Waals surface area contributed by atoms with Crippen LogP contribution in [-0.4, -0.2) is 19.0 Å². The van der Waals surface area contributed by atoms with E-state index in [1.165, 1.54) is 19.3 Å². The molecule has 0 N–H and O–H groups in total. The number of nitrogens with zero attached hydrogens (tertiary/aromatic N) is 1. The highest BCUT2D eigenvalue weighted by atomic mass is 16.1. The quantitative estimate of drug-likeness (QED) is 0.390. The van der Waals surface area contributed by atoms with Crippen LogP contribution in [0.25, 0.3) is 0 Å². The smallest absolute Gasteiger partial charge is 0.150 e. The van der Waals surface area contributed by atoms with Crippen LogP contribution >= 0.6 is 0 Å². The summed E-state index contributed by atoms with van der Waals surface area (Å²) in [5.41, 5.74) is 1.76. The van der Waals surface area contributed by atoms with Crippen LogP contribution in [0.1, 0.15) is 48.5 Å². The number of unbranched alkanes of at least 4 members (excludes halogenated alkanes) is 3. The molecule has 0 aliphatic carbocycles. The molecule has 0 fully saturated rings. The Bertz CT molecular complexity index is 327. The lowest BCUT2D eigenvalue weighted by atomic mass is 10.2. The van der Waals surface area contributed by atoms with Gasteiger partial charge in [-0.25, -0.2) is 0 Å². The van der Waals surface area contributed by atoms with E-state index in [0.717, 1.165) is 24.8 Å². The monoisotopic (exact) mass is 217 g/mol. The van der Waals surface area contributed by atoms with Crippen LogP contribution < -0.4 is 0 Å². The number of hydrogen-bond acceptors (Lipinski definition) is 2. The van der Waals surface area contributed by atoms with Crippen molar-refractivity contribution in [2.24, 2.45) is 4.99 Å². The molecule has 2 nitrogen and oxygen atoms in total. The minimum absolute atomic E-state index is 0.708. The van der Waals surface area contributed by atoms with E-state index in [4.69, 9.17) is 0 Å². The van der Waals surface area contributed by atoms with E-state index in [1.54, 1.807) is 0 Å². The van der Waals surface area contributed by atoms with Gasteiger partial charge in [0.1, 0.15) is 6.29 Å². The molecule has 0 unspecified atom stereocenters. The van der Waals surface area contributed by atoms with Gasteiger partial charge in [0.05, 0.1) is 0 Å². The number of benzene rings is 1. The number of carbonyl (C=O) groups excluding carboxylic acids is 1. The van der Waals surface area contributed by atoms with Crippen molar-refractivity contribution in [3.05, 3.63) is 35.4 Å². The van der Waals surface area contributed by atoms with Crippen molar-refractivity contribution < 1.29 is 4.79 Å². The second-order valence-corrected chi connectivity index (χ2v) is 3.88. The Balaban J connectivity index is 2.29. The van der Waals surface area contributed by atoms with Crippen LogP contribution in [0.5, 0.6) is 0 Å². The van der Waals surface area contributed by atoms with E-state index in [1.807, 2.05) is 30.5 Å². The van der Waals surface area contributed by atoms with Crippen LogP contribution in [0.15, 0.2) is 29.3 Å². The van der Waals surface area contributed by atoms with Gasteiger partial charge in [0.15, 0.2) is 0 Å². The molecular weight excluding hydrogens is 198 g/mol. The fourth-order valence-corrected chi connectivity index (χ4v) is 1.46. The Morgan fingerprint density at radius 1 is 1.06 bits per heavy atom. The van der Waals surface area contributed by atoms with Crippen molar-refractivity contribution in [1.29, 1.82) is 0 Å². The summed E-state index contributed by atoms with van der Waals surface area (Å²) in [5, 5.41) is 0. The summed E-state index contributed by atoms with van der Waals surface area (Å²) in [4.78, 5) is 14.8. The van der Waals surface area contributed by atoms with Crippen LogP contribution in [0.3, 0.4) is 0 Å². The van der Waals surface area contributed by atoms with Gasteiger partial charge in [0, 0.05) is 18.3 Å². The van der Waals surface area contributed by atoms with E-state index < -0.39 is 0 Å². The summed E-state index contributed by atoms with van der Waals surface area (Å²) in [6.45, 7) is 3.10. The highest BCUT2D eigenvalue weighted by Crippen LogP contribution is 2.01. The van der Waals surface area contributed by atoms with Crippen LogP contribution in [0, 0.1) is 0 Å². The molecule has 0 saturated heterocycles. The maximum atomic E-state index is 10.4. The molecule has 16 heavy (non-hydrogen) atoms. The molecular formula is C14H19NO. The number of aldehydes is 1. The highest BCUT2D eigenvalue weighted by molar-refractivity contribution is 5.82. The number of carbonyl (C=O) groups is 1. The number of hydrogen-bond donors (Lipinski definition) is 0. The molecule has 0 amide bonds. The third-order valence-electron chi connectivity index (χ3n) is 2.45. The van der Waals surface area contributed by atoms with Crippen molar-refractivity contribution in [3.63, 3.8) is 0 Å². The maximum Gasteiger partial charge on any atom is 0.150 e. The lowest BCUT2D eigenvalue weighted by Gasteiger charge is -1.95. The number of aliphatic imine (C=N–C) groups is 1. The Morgan fingerprint density at radius 2 is 1.75 bits per heavy atom. The normalized spacial score (nSPS) is 10.8. The molecule has 0 bridgehead atoms. The third-order valence-corrected chi connectivity index (χ3v) is 2.45. The molecule has 86 valence electrons. The lowest BCUT2D eigenvalue weighted by Crippen LogP contribution is -1.86. The molecule has 1 aromatic carbocycles. The van der Waals surface area contributed by atoms with Gasteiger partial charge < -0.3 is 0 Å². The van der Waals surface area contributed by atoms with Gasteiger partial charge in [-0.3, -0.25) is 9.79 Å². The van der Waals surface area contributed by atoms with E-state index in [2.05, 4.69) is 11.9 Å².